The Morgan fingerprint density at radius 3 is 2.68 bits per heavy atom. The maximum absolute atomic E-state index is 11.6. The number of anilines is 1. The van der Waals surface area contributed by atoms with E-state index in [1.54, 1.807) is 0 Å². The van der Waals surface area contributed by atoms with Crippen LogP contribution in [0.2, 0.25) is 0 Å². The van der Waals surface area contributed by atoms with Crippen LogP contribution in [0.3, 0.4) is 0 Å². The quantitative estimate of drug-likeness (QED) is 0.453. The number of aliphatic hydroxyl groups is 3. The number of nitrogen functional groups attached to an aromatic ring is 1. The summed E-state index contributed by atoms with van der Waals surface area (Å²) in [6.07, 6.45) is 0.458. The van der Waals surface area contributed by atoms with Gasteiger partial charge >= 0.3 is 0 Å². The van der Waals surface area contributed by atoms with E-state index in [4.69, 9.17) is 11.5 Å². The van der Waals surface area contributed by atoms with E-state index in [2.05, 4.69) is 9.97 Å². The van der Waals surface area contributed by atoms with Gasteiger partial charge in [-0.15, -0.1) is 11.8 Å². The van der Waals surface area contributed by atoms with Crippen molar-refractivity contribution in [3.8, 4) is 0 Å². The van der Waals surface area contributed by atoms with Crippen molar-refractivity contribution >= 4 is 34.5 Å². The Morgan fingerprint density at radius 2 is 2.09 bits per heavy atom. The first-order chi connectivity index (χ1) is 10.5. The predicted molar refractivity (Wildman–Crippen MR) is 80.0 cm³/mol. The van der Waals surface area contributed by atoms with Crippen LogP contribution >= 0.6 is 11.8 Å². The molecule has 0 aromatic carbocycles. The summed E-state index contributed by atoms with van der Waals surface area (Å²) in [6.45, 7) is -0.279. The molecule has 2 aromatic heterocycles. The molecule has 1 fully saturated rings. The van der Waals surface area contributed by atoms with Gasteiger partial charge < -0.3 is 31.4 Å². The number of carbonyl (C=O) groups excluding carboxylic acids is 1. The average Bonchev–Trinajstić information content (AvgIpc) is 3.00. The van der Waals surface area contributed by atoms with Gasteiger partial charge in [-0.1, -0.05) is 0 Å². The second kappa shape index (κ2) is 5.39. The highest BCUT2D eigenvalue weighted by Gasteiger charge is 2.43. The molecule has 0 bridgehead atoms. The number of fused-ring (bicyclic) bond motifs is 1. The number of aliphatic hydroxyl groups excluding tert-OH is 3. The monoisotopic (exact) mass is 325 g/mol. The Kier molecular flexibility index (Phi) is 3.68. The normalized spacial score (nSPS) is 28.3. The van der Waals surface area contributed by atoms with Crippen LogP contribution in [0, 0.1) is 0 Å². The summed E-state index contributed by atoms with van der Waals surface area (Å²) < 4.78 is 1.53. The van der Waals surface area contributed by atoms with Gasteiger partial charge in [-0.2, -0.15) is 0 Å². The van der Waals surface area contributed by atoms with Crippen molar-refractivity contribution in [2.24, 2.45) is 5.73 Å². The molecule has 0 aliphatic carbocycles. The van der Waals surface area contributed by atoms with Crippen molar-refractivity contribution in [2.75, 3.05) is 12.3 Å². The highest BCUT2D eigenvalue weighted by atomic mass is 32.2. The number of primary amides is 1. The average molecular weight is 325 g/mol. The van der Waals surface area contributed by atoms with Gasteiger partial charge in [0.1, 0.15) is 29.3 Å². The van der Waals surface area contributed by atoms with Crippen molar-refractivity contribution in [3.05, 3.63) is 18.1 Å². The number of carbonyl (C=O) groups is 1. The summed E-state index contributed by atoms with van der Waals surface area (Å²) in [6, 6.07) is 0. The van der Waals surface area contributed by atoms with Gasteiger partial charge in [-0.3, -0.25) is 4.79 Å². The third kappa shape index (κ3) is 2.11. The third-order valence-corrected chi connectivity index (χ3v) is 5.26. The molecule has 1 saturated heterocycles. The van der Waals surface area contributed by atoms with E-state index < -0.39 is 28.7 Å². The number of nitrogens with two attached hydrogens (primary N) is 2. The van der Waals surface area contributed by atoms with Gasteiger partial charge in [-0.25, -0.2) is 9.97 Å². The van der Waals surface area contributed by atoms with Crippen molar-refractivity contribution in [3.63, 3.8) is 0 Å². The lowest BCUT2D eigenvalue weighted by molar-refractivity contribution is 0.0113. The van der Waals surface area contributed by atoms with Gasteiger partial charge in [0.15, 0.2) is 0 Å². The number of thioether (sulfide) groups is 1. The standard InChI is InChI=1S/C12H15N5O4S/c13-9-6-4(10(14)21)1-17(11(6)16-3-15-9)12-8(20)7(19)5(2-18)22-12/h1,3,5,7-8,12,18-20H,2H2,(H2,14,21)(H2,13,15,16)/t5-,7?,8?,12-/m1/s1. The largest absolute Gasteiger partial charge is 0.395 e. The van der Waals surface area contributed by atoms with Gasteiger partial charge in [0.2, 0.25) is 0 Å². The fourth-order valence-corrected chi connectivity index (χ4v) is 3.98. The molecule has 3 rings (SSSR count). The Hall–Kier alpha value is -1.88. The molecular formula is C12H15N5O4S. The van der Waals surface area contributed by atoms with Crippen LogP contribution in [0.15, 0.2) is 12.5 Å². The minimum absolute atomic E-state index is 0.106. The molecule has 9 nitrogen and oxygen atoms in total. The zero-order valence-corrected chi connectivity index (χ0v) is 12.1. The van der Waals surface area contributed by atoms with Crippen LogP contribution < -0.4 is 11.5 Å². The molecule has 1 aliphatic heterocycles. The van der Waals surface area contributed by atoms with Crippen molar-refractivity contribution in [1.29, 1.82) is 0 Å². The van der Waals surface area contributed by atoms with Crippen molar-refractivity contribution < 1.29 is 20.1 Å². The molecule has 0 saturated carbocycles. The Morgan fingerprint density at radius 1 is 1.36 bits per heavy atom. The topological polar surface area (TPSA) is 161 Å². The zero-order valence-electron chi connectivity index (χ0n) is 11.3. The number of amides is 1. The van der Waals surface area contributed by atoms with E-state index in [-0.39, 0.29) is 18.0 Å². The van der Waals surface area contributed by atoms with Gasteiger partial charge in [-0.05, 0) is 0 Å². The lowest BCUT2D eigenvalue weighted by atomic mass is 10.1. The lowest BCUT2D eigenvalue weighted by Gasteiger charge is -2.17. The molecule has 118 valence electrons. The smallest absolute Gasteiger partial charge is 0.251 e. The van der Waals surface area contributed by atoms with E-state index >= 15 is 0 Å². The highest BCUT2D eigenvalue weighted by molar-refractivity contribution is 8.00. The molecular weight excluding hydrogens is 310 g/mol. The van der Waals surface area contributed by atoms with Crippen LogP contribution in [-0.2, 0) is 0 Å². The zero-order chi connectivity index (χ0) is 16.0. The third-order valence-electron chi connectivity index (χ3n) is 3.70. The number of rotatable bonds is 3. The summed E-state index contributed by atoms with van der Waals surface area (Å²) in [5, 5.41) is 28.5. The molecule has 1 aliphatic rings. The summed E-state index contributed by atoms with van der Waals surface area (Å²) in [5.74, 6) is -0.587. The highest BCUT2D eigenvalue weighted by Crippen LogP contribution is 2.43. The van der Waals surface area contributed by atoms with Crippen LogP contribution in [0.25, 0.3) is 11.0 Å². The molecule has 2 unspecified atom stereocenters. The van der Waals surface area contributed by atoms with Crippen LogP contribution in [-0.4, -0.2) is 59.8 Å². The molecule has 1 amide bonds. The Labute approximate surface area is 129 Å². The molecule has 0 radical (unpaired) electrons. The van der Waals surface area contributed by atoms with Crippen molar-refractivity contribution in [1.82, 2.24) is 14.5 Å². The van der Waals surface area contributed by atoms with Gasteiger partial charge in [0.25, 0.3) is 5.91 Å². The summed E-state index contributed by atoms with van der Waals surface area (Å²) in [7, 11) is 0. The number of hydrogen-bond donors (Lipinski definition) is 5. The molecule has 22 heavy (non-hydrogen) atoms. The van der Waals surface area contributed by atoms with Crippen LogP contribution in [0.5, 0.6) is 0 Å². The van der Waals surface area contributed by atoms with Gasteiger partial charge in [0.05, 0.1) is 28.9 Å². The van der Waals surface area contributed by atoms with E-state index in [0.717, 1.165) is 0 Å². The number of aromatic nitrogens is 3. The van der Waals surface area contributed by atoms with Crippen LogP contribution in [0.4, 0.5) is 5.82 Å². The van der Waals surface area contributed by atoms with Crippen molar-refractivity contribution in [2.45, 2.75) is 22.8 Å². The first kappa shape index (κ1) is 15.0. The first-order valence-corrected chi connectivity index (χ1v) is 7.43. The lowest BCUT2D eigenvalue weighted by Crippen LogP contribution is -2.32. The maximum Gasteiger partial charge on any atom is 0.251 e. The Balaban J connectivity index is 2.16. The number of hydrogen-bond acceptors (Lipinski definition) is 8. The van der Waals surface area contributed by atoms with Crippen LogP contribution in [0.1, 0.15) is 15.7 Å². The predicted octanol–water partition coefficient (Wildman–Crippen LogP) is -1.56. The molecule has 3 heterocycles. The molecule has 7 N–H and O–H groups in total. The second-order valence-corrected chi connectivity index (χ2v) is 6.36. The second-order valence-electron chi connectivity index (χ2n) is 5.00. The van der Waals surface area contributed by atoms with E-state index in [1.165, 1.54) is 28.9 Å². The SMILES string of the molecule is NC(=O)c1cn([C@@H]2S[C@H](CO)C(O)C2O)c2ncnc(N)c12. The molecule has 2 aromatic rings. The fraction of sp³-hybridized carbons (Fsp3) is 0.417. The number of nitrogens with zero attached hydrogens (tertiary/aromatic N) is 3. The molecule has 4 atom stereocenters. The summed E-state index contributed by atoms with van der Waals surface area (Å²) in [4.78, 5) is 19.5. The Bertz CT molecular complexity index is 736. The van der Waals surface area contributed by atoms with Gasteiger partial charge in [0, 0.05) is 6.20 Å². The first-order valence-electron chi connectivity index (χ1n) is 6.49. The minimum atomic E-state index is -1.13. The summed E-state index contributed by atoms with van der Waals surface area (Å²) in [5.41, 5.74) is 11.6. The van der Waals surface area contributed by atoms with E-state index in [9.17, 15) is 20.1 Å². The molecule has 0 spiro atoms. The van der Waals surface area contributed by atoms with E-state index in [1.807, 2.05) is 0 Å². The maximum atomic E-state index is 11.6. The summed E-state index contributed by atoms with van der Waals surface area (Å²) >= 11 is 1.19. The minimum Gasteiger partial charge on any atom is -0.395 e. The molecule has 10 heteroatoms. The fourth-order valence-electron chi connectivity index (χ4n) is 2.60. The van der Waals surface area contributed by atoms with E-state index in [0.29, 0.717) is 11.0 Å².